The van der Waals surface area contributed by atoms with Gasteiger partial charge in [-0.1, -0.05) is 41.4 Å². The Morgan fingerprint density at radius 2 is 1.96 bits per heavy atom. The van der Waals surface area contributed by atoms with E-state index in [0.29, 0.717) is 22.2 Å². The number of nitrogens with zero attached hydrogens (tertiary/aromatic N) is 1. The minimum Gasteiger partial charge on any atom is -0.495 e. The Bertz CT molecular complexity index is 810. The van der Waals surface area contributed by atoms with Gasteiger partial charge in [0, 0.05) is 12.6 Å². The molecule has 1 saturated heterocycles. The Morgan fingerprint density at radius 3 is 2.65 bits per heavy atom. The van der Waals surface area contributed by atoms with Crippen LogP contribution in [0.25, 0.3) is 0 Å². The minimum absolute atomic E-state index is 0.0783. The minimum atomic E-state index is -0.159. The van der Waals surface area contributed by atoms with Crippen molar-refractivity contribution in [3.63, 3.8) is 0 Å². The number of benzene rings is 2. The Hall–Kier alpha value is -2.40. The number of ether oxygens (including phenoxy) is 2. The van der Waals surface area contributed by atoms with E-state index in [-0.39, 0.29) is 12.1 Å². The van der Waals surface area contributed by atoms with Gasteiger partial charge >= 0.3 is 6.03 Å². The Labute approximate surface area is 158 Å². The first-order valence-electron chi connectivity index (χ1n) is 8.59. The first-order valence-corrected chi connectivity index (χ1v) is 8.97. The number of hydrogen-bond donors (Lipinski definition) is 1. The molecule has 2 aromatic carbocycles. The highest BCUT2D eigenvalue weighted by Crippen LogP contribution is 2.37. The van der Waals surface area contributed by atoms with E-state index in [2.05, 4.69) is 30.4 Å². The average molecular weight is 375 g/mol. The van der Waals surface area contributed by atoms with E-state index < -0.39 is 0 Å². The maximum Gasteiger partial charge on any atom is 0.322 e. The van der Waals surface area contributed by atoms with E-state index in [1.807, 2.05) is 11.0 Å². The van der Waals surface area contributed by atoms with Crippen molar-refractivity contribution in [2.24, 2.45) is 0 Å². The Kier molecular flexibility index (Phi) is 5.57. The fraction of sp³-hybridized carbons (Fsp3) is 0.350. The number of rotatable bonds is 4. The maximum atomic E-state index is 12.9. The molecule has 5 nitrogen and oxygen atoms in total. The second-order valence-corrected chi connectivity index (χ2v) is 6.79. The second-order valence-electron chi connectivity index (χ2n) is 6.38. The molecule has 0 saturated carbocycles. The number of urea groups is 1. The van der Waals surface area contributed by atoms with Crippen molar-refractivity contribution in [1.29, 1.82) is 0 Å². The lowest BCUT2D eigenvalue weighted by Gasteiger charge is -2.26. The molecule has 0 spiro atoms. The summed E-state index contributed by atoms with van der Waals surface area (Å²) in [6.07, 6.45) is 1.93. The number of amides is 2. The number of aryl methyl sites for hydroxylation is 1. The molecule has 3 rings (SSSR count). The number of methoxy groups -OCH3 is 2. The molecular formula is C20H23ClN2O3. The summed E-state index contributed by atoms with van der Waals surface area (Å²) in [5.74, 6) is 1.01. The lowest BCUT2D eigenvalue weighted by Crippen LogP contribution is -2.34. The van der Waals surface area contributed by atoms with Crippen molar-refractivity contribution in [3.8, 4) is 11.5 Å². The predicted molar refractivity (Wildman–Crippen MR) is 103 cm³/mol. The molecule has 0 aromatic heterocycles. The van der Waals surface area contributed by atoms with Crippen molar-refractivity contribution >= 4 is 23.3 Å². The fourth-order valence-electron chi connectivity index (χ4n) is 3.38. The molecule has 1 aliphatic rings. The standard InChI is InChI=1S/C20H23ClN2O3/c1-13-6-4-7-14(10-13)17-8-5-9-23(17)20(24)22-16-11-15(21)18(25-2)12-19(16)26-3/h4,6-7,10-12,17H,5,8-9H2,1-3H3,(H,22,24)/t17-/m0/s1. The van der Waals surface area contributed by atoms with Crippen molar-refractivity contribution in [1.82, 2.24) is 4.90 Å². The molecule has 6 heteroatoms. The number of nitrogens with one attached hydrogen (secondary N) is 1. The number of hydrogen-bond acceptors (Lipinski definition) is 3. The first kappa shape index (κ1) is 18.4. The predicted octanol–water partition coefficient (Wildman–Crippen LogP) is 5.03. The highest BCUT2D eigenvalue weighted by atomic mass is 35.5. The molecule has 2 amide bonds. The lowest BCUT2D eigenvalue weighted by atomic mass is 10.0. The van der Waals surface area contributed by atoms with Gasteiger partial charge in [-0.2, -0.15) is 0 Å². The van der Waals surface area contributed by atoms with Gasteiger partial charge < -0.3 is 19.7 Å². The molecule has 26 heavy (non-hydrogen) atoms. The highest BCUT2D eigenvalue weighted by molar-refractivity contribution is 6.32. The van der Waals surface area contributed by atoms with Crippen LogP contribution in [0.2, 0.25) is 5.02 Å². The quantitative estimate of drug-likeness (QED) is 0.816. The third-order valence-electron chi connectivity index (χ3n) is 4.66. The van der Waals surface area contributed by atoms with Gasteiger partial charge in [0.15, 0.2) is 0 Å². The number of anilines is 1. The summed E-state index contributed by atoms with van der Waals surface area (Å²) < 4.78 is 10.6. The van der Waals surface area contributed by atoms with E-state index >= 15 is 0 Å². The van der Waals surface area contributed by atoms with Gasteiger partial charge in [0.1, 0.15) is 11.5 Å². The zero-order valence-corrected chi connectivity index (χ0v) is 16.0. The molecule has 0 radical (unpaired) electrons. The van der Waals surface area contributed by atoms with Crippen molar-refractivity contribution in [2.75, 3.05) is 26.1 Å². The summed E-state index contributed by atoms with van der Waals surface area (Å²) >= 11 is 6.20. The molecule has 0 unspecified atom stereocenters. The maximum absolute atomic E-state index is 12.9. The summed E-state index contributed by atoms with van der Waals surface area (Å²) in [6, 6.07) is 11.5. The van der Waals surface area contributed by atoms with Gasteiger partial charge in [0.05, 0.1) is 31.0 Å². The summed E-state index contributed by atoms with van der Waals surface area (Å²) in [6.45, 7) is 2.78. The van der Waals surface area contributed by atoms with Crippen LogP contribution in [0, 0.1) is 6.92 Å². The molecule has 1 heterocycles. The largest absolute Gasteiger partial charge is 0.495 e. The van der Waals surface area contributed by atoms with E-state index in [9.17, 15) is 4.79 Å². The normalized spacial score (nSPS) is 16.5. The zero-order chi connectivity index (χ0) is 18.7. The fourth-order valence-corrected chi connectivity index (χ4v) is 3.62. The van der Waals surface area contributed by atoms with Gasteiger partial charge in [0.25, 0.3) is 0 Å². The van der Waals surface area contributed by atoms with Crippen LogP contribution in [-0.2, 0) is 0 Å². The van der Waals surface area contributed by atoms with Crippen LogP contribution in [-0.4, -0.2) is 31.7 Å². The molecule has 1 fully saturated rings. The smallest absolute Gasteiger partial charge is 0.322 e. The monoisotopic (exact) mass is 374 g/mol. The Balaban J connectivity index is 1.82. The van der Waals surface area contributed by atoms with Crippen LogP contribution in [0.3, 0.4) is 0 Å². The molecule has 138 valence electrons. The van der Waals surface area contributed by atoms with Crippen LogP contribution in [0.4, 0.5) is 10.5 Å². The molecule has 1 atom stereocenters. The first-order chi connectivity index (χ1) is 12.5. The van der Waals surface area contributed by atoms with Crippen LogP contribution in [0.15, 0.2) is 36.4 Å². The van der Waals surface area contributed by atoms with Gasteiger partial charge in [0.2, 0.25) is 0 Å². The van der Waals surface area contributed by atoms with E-state index in [0.717, 1.165) is 24.9 Å². The third kappa shape index (κ3) is 3.73. The topological polar surface area (TPSA) is 50.8 Å². The zero-order valence-electron chi connectivity index (χ0n) is 15.2. The van der Waals surface area contributed by atoms with Crippen LogP contribution < -0.4 is 14.8 Å². The molecule has 2 aromatic rings. The molecule has 0 aliphatic carbocycles. The molecule has 1 N–H and O–H groups in total. The Morgan fingerprint density at radius 1 is 1.19 bits per heavy atom. The molecule has 0 bridgehead atoms. The van der Waals surface area contributed by atoms with Crippen LogP contribution in [0.5, 0.6) is 11.5 Å². The SMILES string of the molecule is COc1cc(OC)c(NC(=O)N2CCC[C@H]2c2cccc(C)c2)cc1Cl. The average Bonchev–Trinajstić information content (AvgIpc) is 3.12. The van der Waals surface area contributed by atoms with Crippen molar-refractivity contribution in [2.45, 2.75) is 25.8 Å². The van der Waals surface area contributed by atoms with Crippen LogP contribution >= 0.6 is 11.6 Å². The summed E-state index contributed by atoms with van der Waals surface area (Å²) in [7, 11) is 3.08. The number of halogens is 1. The highest BCUT2D eigenvalue weighted by Gasteiger charge is 2.30. The molecular weight excluding hydrogens is 352 g/mol. The van der Waals surface area contributed by atoms with Gasteiger partial charge in [-0.05, 0) is 31.4 Å². The third-order valence-corrected chi connectivity index (χ3v) is 4.95. The lowest BCUT2D eigenvalue weighted by molar-refractivity contribution is 0.207. The number of carbonyl (C=O) groups is 1. The van der Waals surface area contributed by atoms with E-state index in [4.69, 9.17) is 21.1 Å². The van der Waals surface area contributed by atoms with Gasteiger partial charge in [-0.3, -0.25) is 0 Å². The van der Waals surface area contributed by atoms with E-state index in [1.165, 1.54) is 12.7 Å². The van der Waals surface area contributed by atoms with E-state index in [1.54, 1.807) is 19.2 Å². The van der Waals surface area contributed by atoms with Gasteiger partial charge in [-0.25, -0.2) is 4.79 Å². The number of carbonyl (C=O) groups excluding carboxylic acids is 1. The van der Waals surface area contributed by atoms with Crippen molar-refractivity contribution in [3.05, 3.63) is 52.5 Å². The van der Waals surface area contributed by atoms with Crippen molar-refractivity contribution < 1.29 is 14.3 Å². The molecule has 1 aliphatic heterocycles. The summed E-state index contributed by atoms with van der Waals surface area (Å²) in [5.41, 5.74) is 2.88. The summed E-state index contributed by atoms with van der Waals surface area (Å²) in [4.78, 5) is 14.8. The van der Waals surface area contributed by atoms with Gasteiger partial charge in [-0.15, -0.1) is 0 Å². The van der Waals surface area contributed by atoms with Crippen LogP contribution in [0.1, 0.15) is 30.0 Å². The summed E-state index contributed by atoms with van der Waals surface area (Å²) in [5, 5.41) is 3.35. The second kappa shape index (κ2) is 7.87. The number of likely N-dealkylation sites (tertiary alicyclic amines) is 1.